The highest BCUT2D eigenvalue weighted by molar-refractivity contribution is 5.20. The molecule has 0 aromatic heterocycles. The average Bonchev–Trinajstić information content (AvgIpc) is 2.98. The Kier molecular flexibility index (Phi) is 2.36. The molecule has 94 valence electrons. The maximum atomic E-state index is 11.1. The molecule has 3 aliphatic rings. The summed E-state index contributed by atoms with van der Waals surface area (Å²) in [5.74, 6) is 2.71. The van der Waals surface area contributed by atoms with Crippen molar-refractivity contribution in [2.45, 2.75) is 58.0 Å². The van der Waals surface area contributed by atoms with Crippen LogP contribution in [-0.2, 0) is 0 Å². The normalized spacial score (nSPS) is 50.9. The first kappa shape index (κ1) is 11.5. The fraction of sp³-hybridized carbons (Fsp3) is 0.933. The minimum absolute atomic E-state index is 0.407. The van der Waals surface area contributed by atoms with E-state index in [0.717, 1.165) is 24.7 Å². The van der Waals surface area contributed by atoms with Gasteiger partial charge in [-0.2, -0.15) is 5.26 Å². The number of rotatable bonds is 2. The molecule has 0 amide bonds. The lowest BCUT2D eigenvalue weighted by molar-refractivity contribution is -0.115. The van der Waals surface area contributed by atoms with Crippen LogP contribution < -0.4 is 0 Å². The van der Waals surface area contributed by atoms with Gasteiger partial charge in [0.1, 0.15) is 0 Å². The fourth-order valence-electron chi connectivity index (χ4n) is 5.23. The SMILES string of the molecule is CCC(C)(C#N)C1(O)CC2CC1C1CCCC21. The van der Waals surface area contributed by atoms with E-state index in [0.29, 0.717) is 11.8 Å². The van der Waals surface area contributed by atoms with Gasteiger partial charge < -0.3 is 5.11 Å². The molecule has 0 aromatic carbocycles. The van der Waals surface area contributed by atoms with Gasteiger partial charge in [0, 0.05) is 0 Å². The predicted molar refractivity (Wildman–Crippen MR) is 66.0 cm³/mol. The molecule has 0 aromatic rings. The molecule has 0 saturated heterocycles. The quantitative estimate of drug-likeness (QED) is 0.796. The van der Waals surface area contributed by atoms with Gasteiger partial charge in [-0.25, -0.2) is 0 Å². The molecule has 3 saturated carbocycles. The zero-order chi connectivity index (χ0) is 12.3. The van der Waals surface area contributed by atoms with Crippen LogP contribution in [0.5, 0.6) is 0 Å². The third-order valence-corrected chi connectivity index (χ3v) is 6.40. The Morgan fingerprint density at radius 3 is 2.76 bits per heavy atom. The zero-order valence-electron chi connectivity index (χ0n) is 10.9. The van der Waals surface area contributed by atoms with Gasteiger partial charge in [-0.1, -0.05) is 13.3 Å². The van der Waals surface area contributed by atoms with Gasteiger partial charge in [-0.05, 0) is 62.7 Å². The lowest BCUT2D eigenvalue weighted by atomic mass is 9.60. The Bertz CT molecular complexity index is 374. The Hall–Kier alpha value is -0.550. The summed E-state index contributed by atoms with van der Waals surface area (Å²) in [5.41, 5.74) is -1.24. The summed E-state index contributed by atoms with van der Waals surface area (Å²) in [5, 5.41) is 20.6. The smallest absolute Gasteiger partial charge is 0.0864 e. The fourth-order valence-corrected chi connectivity index (χ4v) is 5.23. The van der Waals surface area contributed by atoms with E-state index in [1.165, 1.54) is 25.7 Å². The first-order chi connectivity index (χ1) is 8.05. The molecule has 6 unspecified atom stereocenters. The largest absolute Gasteiger partial charge is 0.388 e. The Labute approximate surface area is 104 Å². The van der Waals surface area contributed by atoms with Gasteiger partial charge in [-0.15, -0.1) is 0 Å². The van der Waals surface area contributed by atoms with E-state index in [4.69, 9.17) is 0 Å². The number of fused-ring (bicyclic) bond motifs is 5. The van der Waals surface area contributed by atoms with E-state index in [1.807, 2.05) is 13.8 Å². The highest BCUT2D eigenvalue weighted by Gasteiger charge is 2.65. The van der Waals surface area contributed by atoms with E-state index in [9.17, 15) is 10.4 Å². The second-order valence-electron chi connectivity index (χ2n) is 6.79. The molecule has 6 atom stereocenters. The van der Waals surface area contributed by atoms with Gasteiger partial charge in [-0.3, -0.25) is 0 Å². The number of nitriles is 1. The summed E-state index contributed by atoms with van der Waals surface area (Å²) in [6, 6.07) is 2.43. The molecular weight excluding hydrogens is 210 g/mol. The zero-order valence-corrected chi connectivity index (χ0v) is 10.9. The second kappa shape index (κ2) is 3.48. The minimum Gasteiger partial charge on any atom is -0.388 e. The van der Waals surface area contributed by atoms with E-state index in [2.05, 4.69) is 6.07 Å². The van der Waals surface area contributed by atoms with Gasteiger partial charge >= 0.3 is 0 Å². The number of nitrogens with zero attached hydrogens (tertiary/aromatic N) is 1. The molecule has 0 spiro atoms. The maximum Gasteiger partial charge on any atom is 0.0864 e. The first-order valence-corrected chi connectivity index (χ1v) is 7.19. The van der Waals surface area contributed by atoms with Crippen LogP contribution in [-0.4, -0.2) is 10.7 Å². The van der Waals surface area contributed by atoms with Gasteiger partial charge in [0.2, 0.25) is 0 Å². The number of hydrogen-bond acceptors (Lipinski definition) is 2. The lowest BCUT2D eigenvalue weighted by Gasteiger charge is -2.47. The van der Waals surface area contributed by atoms with Crippen molar-refractivity contribution >= 4 is 0 Å². The Morgan fingerprint density at radius 2 is 2.12 bits per heavy atom. The van der Waals surface area contributed by atoms with Crippen molar-refractivity contribution in [2.24, 2.45) is 29.1 Å². The monoisotopic (exact) mass is 233 g/mol. The van der Waals surface area contributed by atoms with E-state index < -0.39 is 11.0 Å². The second-order valence-corrected chi connectivity index (χ2v) is 6.79. The van der Waals surface area contributed by atoms with Crippen molar-refractivity contribution in [2.75, 3.05) is 0 Å². The third kappa shape index (κ3) is 1.24. The molecule has 3 aliphatic carbocycles. The molecule has 3 fully saturated rings. The summed E-state index contributed by atoms with van der Waals surface area (Å²) in [7, 11) is 0. The summed E-state index contributed by atoms with van der Waals surface area (Å²) < 4.78 is 0. The first-order valence-electron chi connectivity index (χ1n) is 7.19. The molecular formula is C15H23NO. The molecule has 0 aliphatic heterocycles. The Balaban J connectivity index is 1.94. The number of hydrogen-bond donors (Lipinski definition) is 1. The summed E-state index contributed by atoms with van der Waals surface area (Å²) in [6.07, 6.45) is 6.84. The van der Waals surface area contributed by atoms with Crippen molar-refractivity contribution in [1.29, 1.82) is 5.26 Å². The number of aliphatic hydroxyl groups is 1. The van der Waals surface area contributed by atoms with Gasteiger partial charge in [0.15, 0.2) is 0 Å². The van der Waals surface area contributed by atoms with Crippen LogP contribution >= 0.6 is 0 Å². The van der Waals surface area contributed by atoms with Crippen molar-refractivity contribution < 1.29 is 5.11 Å². The van der Waals surface area contributed by atoms with Crippen LogP contribution in [0.4, 0.5) is 0 Å². The minimum atomic E-state index is -0.702. The Morgan fingerprint density at radius 1 is 1.41 bits per heavy atom. The molecule has 1 N–H and O–H groups in total. The lowest BCUT2D eigenvalue weighted by Crippen LogP contribution is -2.52. The van der Waals surface area contributed by atoms with Gasteiger partial charge in [0.25, 0.3) is 0 Å². The molecule has 0 heterocycles. The van der Waals surface area contributed by atoms with Crippen LogP contribution in [0.15, 0.2) is 0 Å². The summed E-state index contributed by atoms with van der Waals surface area (Å²) >= 11 is 0. The highest BCUT2D eigenvalue weighted by atomic mass is 16.3. The molecule has 17 heavy (non-hydrogen) atoms. The van der Waals surface area contributed by atoms with Crippen LogP contribution in [0, 0.1) is 40.4 Å². The highest BCUT2D eigenvalue weighted by Crippen LogP contribution is 2.66. The van der Waals surface area contributed by atoms with Crippen LogP contribution in [0.1, 0.15) is 52.4 Å². The molecule has 2 heteroatoms. The molecule has 0 radical (unpaired) electrons. The van der Waals surface area contributed by atoms with Crippen molar-refractivity contribution in [3.05, 3.63) is 0 Å². The van der Waals surface area contributed by atoms with Crippen LogP contribution in [0.3, 0.4) is 0 Å². The van der Waals surface area contributed by atoms with Crippen molar-refractivity contribution in [3.8, 4) is 6.07 Å². The third-order valence-electron chi connectivity index (χ3n) is 6.40. The summed E-state index contributed by atoms with van der Waals surface area (Å²) in [6.45, 7) is 4.01. The maximum absolute atomic E-state index is 11.1. The van der Waals surface area contributed by atoms with E-state index in [1.54, 1.807) is 0 Å². The van der Waals surface area contributed by atoms with E-state index >= 15 is 0 Å². The average molecular weight is 233 g/mol. The van der Waals surface area contributed by atoms with Crippen molar-refractivity contribution in [1.82, 2.24) is 0 Å². The van der Waals surface area contributed by atoms with Crippen LogP contribution in [0.2, 0.25) is 0 Å². The summed E-state index contributed by atoms with van der Waals surface area (Å²) in [4.78, 5) is 0. The van der Waals surface area contributed by atoms with Gasteiger partial charge in [0.05, 0.1) is 17.1 Å². The van der Waals surface area contributed by atoms with E-state index in [-0.39, 0.29) is 0 Å². The standard InChI is InChI=1S/C15H23NO/c1-3-14(2,9-16)15(17)8-10-7-13(15)12-6-4-5-11(10)12/h10-13,17H,3-8H2,1-2H3. The molecule has 2 bridgehead atoms. The van der Waals surface area contributed by atoms with Crippen LogP contribution in [0.25, 0.3) is 0 Å². The predicted octanol–water partition coefficient (Wildman–Crippen LogP) is 3.11. The topological polar surface area (TPSA) is 44.0 Å². The molecule has 2 nitrogen and oxygen atoms in total. The molecule has 3 rings (SSSR count). The van der Waals surface area contributed by atoms with Crippen molar-refractivity contribution in [3.63, 3.8) is 0 Å².